The number of carbonyl (C=O) groups excluding carboxylic acids is 8. The predicted octanol–water partition coefficient (Wildman–Crippen LogP) is -1.88. The number of phenolic OH excluding ortho intramolecular Hbond substituents is 1. The minimum absolute atomic E-state index is 0.0503. The van der Waals surface area contributed by atoms with E-state index >= 15 is 0 Å². The molecule has 8 amide bonds. The Morgan fingerprint density at radius 3 is 1.94 bits per heavy atom. The Morgan fingerprint density at radius 1 is 0.778 bits per heavy atom. The number of aromatic hydroxyl groups is 1. The van der Waals surface area contributed by atoms with Crippen LogP contribution in [0.15, 0.2) is 24.3 Å². The van der Waals surface area contributed by atoms with Gasteiger partial charge in [0.15, 0.2) is 0 Å². The SMILES string of the molecule is CC[C@H](C)[C@H](NC(=O)CNC(=O)[C@@H](N)CC(C)C)C(=O)N1CCC[C@H]1C(=O)N[C@@H](CCC(=O)O)C(=O)N[C@@H](CCC(N)=O)C(=O)N[C@@H](C)C(=O)N[C@@H](Cc1ccc(O)cc1)C(=O)O. The second-order valence-corrected chi connectivity index (χ2v) is 16.1. The molecule has 0 spiro atoms. The Morgan fingerprint density at radius 2 is 1.37 bits per heavy atom. The Balaban J connectivity index is 2.22. The van der Waals surface area contributed by atoms with Crippen molar-refractivity contribution in [3.63, 3.8) is 0 Å². The van der Waals surface area contributed by atoms with E-state index in [9.17, 15) is 63.3 Å². The van der Waals surface area contributed by atoms with Gasteiger partial charge in [0.25, 0.3) is 0 Å². The number of carbonyl (C=O) groups is 10. The number of phenols is 1. The first-order valence-corrected chi connectivity index (χ1v) is 20.9. The molecule has 1 saturated heterocycles. The molecule has 1 aromatic rings. The van der Waals surface area contributed by atoms with Crippen molar-refractivity contribution >= 4 is 59.2 Å². The van der Waals surface area contributed by atoms with E-state index in [-0.39, 0.29) is 37.5 Å². The topological polar surface area (TPSA) is 359 Å². The summed E-state index contributed by atoms with van der Waals surface area (Å²) in [5, 5.41) is 43.3. The van der Waals surface area contributed by atoms with Crippen molar-refractivity contribution in [1.82, 2.24) is 36.8 Å². The predicted molar refractivity (Wildman–Crippen MR) is 225 cm³/mol. The first kappa shape index (κ1) is 52.8. The van der Waals surface area contributed by atoms with Crippen LogP contribution >= 0.6 is 0 Å². The number of hydrogen-bond acceptors (Lipinski definition) is 12. The molecule has 22 nitrogen and oxygen atoms in total. The minimum Gasteiger partial charge on any atom is -0.508 e. The smallest absolute Gasteiger partial charge is 0.326 e. The lowest BCUT2D eigenvalue weighted by molar-refractivity contribution is -0.143. The van der Waals surface area contributed by atoms with E-state index < -0.39 is 133 Å². The Bertz CT molecular complexity index is 1810. The van der Waals surface area contributed by atoms with Crippen LogP contribution in [0.2, 0.25) is 0 Å². The minimum atomic E-state index is -1.58. The van der Waals surface area contributed by atoms with Gasteiger partial charge >= 0.3 is 11.9 Å². The van der Waals surface area contributed by atoms with E-state index in [2.05, 4.69) is 31.9 Å². The van der Waals surface area contributed by atoms with Gasteiger partial charge in [0, 0.05) is 25.8 Å². The van der Waals surface area contributed by atoms with Gasteiger partial charge < -0.3 is 63.6 Å². The van der Waals surface area contributed by atoms with E-state index in [4.69, 9.17) is 11.5 Å². The molecule has 0 radical (unpaired) electrons. The number of carboxylic acid groups (broad SMARTS) is 2. The first-order valence-electron chi connectivity index (χ1n) is 20.9. The van der Waals surface area contributed by atoms with Crippen LogP contribution in [0.25, 0.3) is 0 Å². The van der Waals surface area contributed by atoms with Crippen molar-refractivity contribution in [2.75, 3.05) is 13.1 Å². The molecule has 1 fully saturated rings. The molecule has 8 atom stereocenters. The number of benzene rings is 1. The monoisotopic (exact) mass is 889 g/mol. The largest absolute Gasteiger partial charge is 0.508 e. The molecule has 1 aromatic carbocycles. The van der Waals surface area contributed by atoms with Gasteiger partial charge in [-0.15, -0.1) is 0 Å². The maximum absolute atomic E-state index is 14.0. The zero-order valence-corrected chi connectivity index (χ0v) is 36.3. The highest BCUT2D eigenvalue weighted by Gasteiger charge is 2.40. The summed E-state index contributed by atoms with van der Waals surface area (Å²) in [6, 6.07) is -3.42. The lowest BCUT2D eigenvalue weighted by Gasteiger charge is -2.32. The van der Waals surface area contributed by atoms with Crippen LogP contribution in [0.4, 0.5) is 0 Å². The van der Waals surface area contributed by atoms with E-state index in [1.165, 1.54) is 36.1 Å². The van der Waals surface area contributed by atoms with Gasteiger partial charge in [0.05, 0.1) is 12.6 Å². The summed E-state index contributed by atoms with van der Waals surface area (Å²) >= 11 is 0. The quantitative estimate of drug-likeness (QED) is 0.0485. The van der Waals surface area contributed by atoms with E-state index in [1.54, 1.807) is 13.8 Å². The van der Waals surface area contributed by atoms with Crippen molar-refractivity contribution in [2.45, 2.75) is 135 Å². The molecule has 63 heavy (non-hydrogen) atoms. The van der Waals surface area contributed by atoms with Crippen LogP contribution in [0.1, 0.15) is 91.5 Å². The number of nitrogens with zero attached hydrogens (tertiary/aromatic N) is 1. The van der Waals surface area contributed by atoms with Gasteiger partial charge in [0.2, 0.25) is 47.3 Å². The number of rotatable bonds is 26. The molecular weight excluding hydrogens is 827 g/mol. The van der Waals surface area contributed by atoms with Crippen molar-refractivity contribution in [2.24, 2.45) is 23.3 Å². The van der Waals surface area contributed by atoms with Crippen LogP contribution in [0, 0.1) is 11.8 Å². The number of hydrogen-bond donors (Lipinski definition) is 11. The maximum atomic E-state index is 14.0. The van der Waals surface area contributed by atoms with Gasteiger partial charge in [-0.1, -0.05) is 46.2 Å². The number of nitrogens with one attached hydrogen (secondary N) is 6. The van der Waals surface area contributed by atoms with Crippen LogP contribution < -0.4 is 43.4 Å². The lowest BCUT2D eigenvalue weighted by Crippen LogP contribution is -2.59. The summed E-state index contributed by atoms with van der Waals surface area (Å²) in [5.74, 6) is -9.45. The zero-order chi connectivity index (χ0) is 47.6. The number of aliphatic carboxylic acids is 2. The summed E-state index contributed by atoms with van der Waals surface area (Å²) in [4.78, 5) is 130. The first-order chi connectivity index (χ1) is 29.5. The second-order valence-electron chi connectivity index (χ2n) is 16.1. The highest BCUT2D eigenvalue weighted by atomic mass is 16.4. The highest BCUT2D eigenvalue weighted by molar-refractivity contribution is 5.97. The molecule has 1 aliphatic heterocycles. The molecular formula is C41H63N9O13. The number of primary amides is 1. The van der Waals surface area contributed by atoms with Crippen LogP contribution in [-0.4, -0.2) is 135 Å². The van der Waals surface area contributed by atoms with Gasteiger partial charge in [0.1, 0.15) is 42.0 Å². The average molecular weight is 890 g/mol. The number of carboxylic acids is 2. The molecule has 350 valence electrons. The molecule has 0 saturated carbocycles. The molecule has 0 unspecified atom stereocenters. The summed E-state index contributed by atoms with van der Waals surface area (Å²) in [6.45, 7) is 8.20. The van der Waals surface area contributed by atoms with Gasteiger partial charge in [-0.2, -0.15) is 0 Å². The number of likely N-dealkylation sites (tertiary alicyclic amines) is 1. The van der Waals surface area contributed by atoms with Crippen molar-refractivity contribution in [3.8, 4) is 5.75 Å². The fraction of sp³-hybridized carbons (Fsp3) is 0.610. The van der Waals surface area contributed by atoms with Crippen molar-refractivity contribution < 1.29 is 63.3 Å². The third kappa shape index (κ3) is 17.9. The number of amides is 8. The second kappa shape index (κ2) is 25.6. The van der Waals surface area contributed by atoms with E-state index in [0.717, 1.165) is 0 Å². The van der Waals surface area contributed by atoms with Crippen molar-refractivity contribution in [3.05, 3.63) is 29.8 Å². The third-order valence-corrected chi connectivity index (χ3v) is 10.5. The van der Waals surface area contributed by atoms with Gasteiger partial charge in [-0.3, -0.25) is 43.2 Å². The number of nitrogens with two attached hydrogens (primary N) is 2. The summed E-state index contributed by atoms with van der Waals surface area (Å²) < 4.78 is 0. The zero-order valence-electron chi connectivity index (χ0n) is 36.3. The highest BCUT2D eigenvalue weighted by Crippen LogP contribution is 2.22. The van der Waals surface area contributed by atoms with E-state index in [0.29, 0.717) is 24.8 Å². The van der Waals surface area contributed by atoms with Crippen LogP contribution in [0.5, 0.6) is 5.75 Å². The van der Waals surface area contributed by atoms with E-state index in [1.807, 2.05) is 13.8 Å². The average Bonchev–Trinajstić information content (AvgIpc) is 3.71. The van der Waals surface area contributed by atoms with Crippen LogP contribution in [0.3, 0.4) is 0 Å². The molecule has 22 heteroatoms. The summed E-state index contributed by atoms with van der Waals surface area (Å²) in [6.07, 6.45) is -0.702. The molecule has 0 aliphatic carbocycles. The molecule has 13 N–H and O–H groups in total. The third-order valence-electron chi connectivity index (χ3n) is 10.5. The summed E-state index contributed by atoms with van der Waals surface area (Å²) in [7, 11) is 0. The normalized spacial score (nSPS) is 16.8. The molecule has 0 bridgehead atoms. The van der Waals surface area contributed by atoms with Gasteiger partial charge in [-0.25, -0.2) is 4.79 Å². The van der Waals surface area contributed by atoms with Crippen molar-refractivity contribution in [1.29, 1.82) is 0 Å². The lowest BCUT2D eigenvalue weighted by atomic mass is 9.97. The van der Waals surface area contributed by atoms with Gasteiger partial charge in [-0.05, 0) is 68.6 Å². The molecule has 2 rings (SSSR count). The fourth-order valence-electron chi connectivity index (χ4n) is 6.68. The standard InChI is InChI=1S/C41H63N9O13/c1-6-22(4)34(49-32(53)20-44-36(57)26(42)18-21(2)3)40(61)50-17-7-8-30(50)39(60)47-28(14-16-33(54)55)38(59)46-27(13-15-31(43)52)37(58)45-23(5)35(56)48-29(41(62)63)19-24-9-11-25(51)12-10-24/h9-12,21-23,26-30,34,51H,6-8,13-20,42H2,1-5H3,(H2,43,52)(H,44,57)(H,45,58)(H,46,59)(H,47,60)(H,48,56)(H,49,53)(H,54,55)(H,62,63)/t22-,23-,26-,27-,28-,29-,30-,34-/m0/s1. The summed E-state index contributed by atoms with van der Waals surface area (Å²) in [5.41, 5.74) is 11.7. The Labute approximate surface area is 365 Å². The molecule has 0 aromatic heterocycles. The Hall–Kier alpha value is -6.32. The maximum Gasteiger partial charge on any atom is 0.326 e. The van der Waals surface area contributed by atoms with Crippen LogP contribution in [-0.2, 0) is 54.4 Å². The fourth-order valence-corrected chi connectivity index (χ4v) is 6.68. The Kier molecular flexibility index (Phi) is 21.4. The molecule has 1 aliphatic rings. The molecule has 1 heterocycles.